The lowest BCUT2D eigenvalue weighted by Crippen LogP contribution is -2.51. The first-order valence-electron chi connectivity index (χ1n) is 7.46. The largest absolute Gasteiger partial charge is 0.295 e. The number of hydrogen-bond acceptors (Lipinski definition) is 1. The van der Waals surface area contributed by atoms with Crippen LogP contribution in [0.5, 0.6) is 0 Å². The lowest BCUT2D eigenvalue weighted by atomic mass is 9.75. The van der Waals surface area contributed by atoms with Crippen molar-refractivity contribution in [1.82, 2.24) is 4.90 Å². The lowest BCUT2D eigenvalue weighted by Gasteiger charge is -2.46. The molecule has 0 amide bonds. The molecule has 2 bridgehead atoms. The molecule has 0 N–H and O–H groups in total. The molecule has 2 rings (SSSR count). The van der Waals surface area contributed by atoms with Gasteiger partial charge in [-0.3, -0.25) is 4.90 Å². The monoisotopic (exact) mass is 255 g/mol. The third kappa shape index (κ3) is 3.50. The Kier molecular flexibility index (Phi) is 5.93. The van der Waals surface area contributed by atoms with Crippen LogP contribution in [0.1, 0.15) is 75.7 Å². The fourth-order valence-electron chi connectivity index (χ4n) is 3.73. The van der Waals surface area contributed by atoms with E-state index in [4.69, 9.17) is 0 Å². The summed E-state index contributed by atoms with van der Waals surface area (Å²) in [6, 6.07) is 0.856. The van der Waals surface area contributed by atoms with Gasteiger partial charge >= 0.3 is 0 Å². The van der Waals surface area contributed by atoms with Gasteiger partial charge in [0.25, 0.3) is 0 Å². The van der Waals surface area contributed by atoms with Gasteiger partial charge in [0.05, 0.1) is 0 Å². The Balaban J connectivity index is 0.000000917. The summed E-state index contributed by atoms with van der Waals surface area (Å²) in [5.41, 5.74) is 0.854. The van der Waals surface area contributed by atoms with Crippen LogP contribution in [0.4, 0.5) is 0 Å². The van der Waals surface area contributed by atoms with Crippen LogP contribution in [0.2, 0.25) is 0 Å². The highest BCUT2D eigenvalue weighted by Gasteiger charge is 2.51. The standard InChI is InChI=1S/C14H27N.C2H6.CH4/c1-13(2,3)11-7-10-8-12(11)15(9-10)14(4,5)6;1-2;/h10-12H,7-9H2,1-6H3;1-2H3;1H4. The topological polar surface area (TPSA) is 3.24 Å². The summed E-state index contributed by atoms with van der Waals surface area (Å²) < 4.78 is 0. The zero-order valence-corrected chi connectivity index (χ0v) is 13.3. The van der Waals surface area contributed by atoms with Crippen LogP contribution in [0.3, 0.4) is 0 Å². The number of likely N-dealkylation sites (tertiary alicyclic amines) is 1. The molecular weight excluding hydrogens is 218 g/mol. The van der Waals surface area contributed by atoms with Crippen LogP contribution in [0.15, 0.2) is 0 Å². The Hall–Kier alpha value is -0.0400. The van der Waals surface area contributed by atoms with E-state index in [-0.39, 0.29) is 7.43 Å². The van der Waals surface area contributed by atoms with E-state index in [0.29, 0.717) is 11.0 Å². The van der Waals surface area contributed by atoms with Crippen LogP contribution in [0, 0.1) is 17.3 Å². The highest BCUT2D eigenvalue weighted by atomic mass is 15.3. The van der Waals surface area contributed by atoms with Crippen LogP contribution in [-0.4, -0.2) is 23.0 Å². The molecule has 0 aromatic carbocycles. The Bertz CT molecular complexity index is 219. The zero-order chi connectivity index (χ0) is 13.4. The molecule has 1 aliphatic heterocycles. The molecule has 1 nitrogen and oxygen atoms in total. The Morgan fingerprint density at radius 1 is 0.889 bits per heavy atom. The Morgan fingerprint density at radius 2 is 1.39 bits per heavy atom. The maximum atomic E-state index is 2.76. The van der Waals surface area contributed by atoms with Crippen molar-refractivity contribution in [2.45, 2.75) is 87.2 Å². The Labute approximate surface area is 116 Å². The van der Waals surface area contributed by atoms with Gasteiger partial charge in [0.2, 0.25) is 0 Å². The molecule has 0 radical (unpaired) electrons. The van der Waals surface area contributed by atoms with Gasteiger partial charge < -0.3 is 0 Å². The molecule has 2 aliphatic rings. The van der Waals surface area contributed by atoms with Crippen molar-refractivity contribution in [3.63, 3.8) is 0 Å². The van der Waals surface area contributed by atoms with Crippen LogP contribution < -0.4 is 0 Å². The molecule has 1 aliphatic carbocycles. The number of fused-ring (bicyclic) bond motifs is 2. The second-order valence-corrected chi connectivity index (χ2v) is 7.70. The van der Waals surface area contributed by atoms with Crippen molar-refractivity contribution in [2.24, 2.45) is 17.3 Å². The highest BCUT2D eigenvalue weighted by Crippen LogP contribution is 2.51. The fraction of sp³-hybridized carbons (Fsp3) is 1.00. The summed E-state index contributed by atoms with van der Waals surface area (Å²) in [6.07, 6.45) is 2.93. The lowest BCUT2D eigenvalue weighted by molar-refractivity contribution is 0.0238. The predicted octanol–water partition coefficient (Wildman–Crippen LogP) is 5.20. The number of piperidine rings is 1. The second-order valence-electron chi connectivity index (χ2n) is 7.70. The summed E-state index contributed by atoms with van der Waals surface area (Å²) in [4.78, 5) is 2.76. The summed E-state index contributed by atoms with van der Waals surface area (Å²) in [5.74, 6) is 1.90. The summed E-state index contributed by atoms with van der Waals surface area (Å²) >= 11 is 0. The normalized spacial score (nSPS) is 31.7. The molecule has 3 atom stereocenters. The molecule has 1 saturated heterocycles. The van der Waals surface area contributed by atoms with E-state index >= 15 is 0 Å². The molecule has 1 heterocycles. The third-order valence-electron chi connectivity index (χ3n) is 4.46. The highest BCUT2D eigenvalue weighted by molar-refractivity contribution is 5.04. The van der Waals surface area contributed by atoms with Gasteiger partial charge in [-0.2, -0.15) is 0 Å². The first kappa shape index (κ1) is 18.0. The van der Waals surface area contributed by atoms with Gasteiger partial charge in [-0.15, -0.1) is 0 Å². The van der Waals surface area contributed by atoms with E-state index in [1.54, 1.807) is 0 Å². The zero-order valence-electron chi connectivity index (χ0n) is 13.3. The number of nitrogens with zero attached hydrogens (tertiary/aromatic N) is 1. The minimum absolute atomic E-state index is 0. The molecule has 110 valence electrons. The number of rotatable bonds is 0. The van der Waals surface area contributed by atoms with E-state index in [1.165, 1.54) is 19.4 Å². The molecular formula is C17H37N. The molecule has 0 spiro atoms. The van der Waals surface area contributed by atoms with Crippen molar-refractivity contribution >= 4 is 0 Å². The predicted molar refractivity (Wildman–Crippen MR) is 84.0 cm³/mol. The van der Waals surface area contributed by atoms with Gasteiger partial charge in [-0.1, -0.05) is 42.0 Å². The summed E-state index contributed by atoms with van der Waals surface area (Å²) in [7, 11) is 0. The van der Waals surface area contributed by atoms with Crippen LogP contribution in [-0.2, 0) is 0 Å². The second kappa shape index (κ2) is 5.94. The van der Waals surface area contributed by atoms with E-state index in [9.17, 15) is 0 Å². The van der Waals surface area contributed by atoms with E-state index < -0.39 is 0 Å². The van der Waals surface area contributed by atoms with E-state index in [0.717, 1.165) is 17.9 Å². The first-order chi connectivity index (χ1) is 7.69. The molecule has 2 fully saturated rings. The van der Waals surface area contributed by atoms with Crippen LogP contribution in [0.25, 0.3) is 0 Å². The molecule has 0 aromatic rings. The van der Waals surface area contributed by atoms with Gasteiger partial charge in [-0.05, 0) is 50.9 Å². The molecule has 1 heteroatoms. The Morgan fingerprint density at radius 3 is 1.72 bits per heavy atom. The van der Waals surface area contributed by atoms with Gasteiger partial charge in [0.15, 0.2) is 0 Å². The van der Waals surface area contributed by atoms with Gasteiger partial charge in [0.1, 0.15) is 0 Å². The van der Waals surface area contributed by atoms with Crippen molar-refractivity contribution in [3.05, 3.63) is 0 Å². The quantitative estimate of drug-likeness (QED) is 0.575. The first-order valence-corrected chi connectivity index (χ1v) is 7.46. The molecule has 18 heavy (non-hydrogen) atoms. The average Bonchev–Trinajstić information content (AvgIpc) is 2.76. The van der Waals surface area contributed by atoms with Gasteiger partial charge in [-0.25, -0.2) is 0 Å². The van der Waals surface area contributed by atoms with Crippen molar-refractivity contribution in [1.29, 1.82) is 0 Å². The molecule has 1 saturated carbocycles. The SMILES string of the molecule is C.CC.CC(C)(C)C1CC2CC1N(C(C)(C)C)C2. The van der Waals surface area contributed by atoms with Crippen molar-refractivity contribution in [3.8, 4) is 0 Å². The minimum atomic E-state index is 0. The van der Waals surface area contributed by atoms with E-state index in [1.807, 2.05) is 13.8 Å². The maximum Gasteiger partial charge on any atom is 0.0137 e. The summed E-state index contributed by atoms with van der Waals surface area (Å²) in [5, 5.41) is 0. The number of hydrogen-bond donors (Lipinski definition) is 0. The minimum Gasteiger partial charge on any atom is -0.295 e. The average molecular weight is 255 g/mol. The maximum absolute atomic E-state index is 2.76. The smallest absolute Gasteiger partial charge is 0.0137 e. The summed E-state index contributed by atoms with van der Waals surface area (Å²) in [6.45, 7) is 19.7. The van der Waals surface area contributed by atoms with Gasteiger partial charge in [0, 0.05) is 18.1 Å². The molecule has 0 aromatic heterocycles. The van der Waals surface area contributed by atoms with Crippen molar-refractivity contribution in [2.75, 3.05) is 6.54 Å². The van der Waals surface area contributed by atoms with E-state index in [2.05, 4.69) is 46.4 Å². The van der Waals surface area contributed by atoms with Crippen LogP contribution >= 0.6 is 0 Å². The molecule has 3 unspecified atom stereocenters. The van der Waals surface area contributed by atoms with Crippen molar-refractivity contribution < 1.29 is 0 Å². The third-order valence-corrected chi connectivity index (χ3v) is 4.46. The fourth-order valence-corrected chi connectivity index (χ4v) is 3.73.